The summed E-state index contributed by atoms with van der Waals surface area (Å²) < 4.78 is 13.2. The molecule has 2 rings (SSSR count). The fraction of sp³-hybridized carbons (Fsp3) is 0.500. The summed E-state index contributed by atoms with van der Waals surface area (Å²) in [6.45, 7) is 3.28. The van der Waals surface area contributed by atoms with E-state index in [0.717, 1.165) is 31.6 Å². The first kappa shape index (κ1) is 13.0. The van der Waals surface area contributed by atoms with Crippen molar-refractivity contribution in [3.05, 3.63) is 29.6 Å². The predicted molar refractivity (Wildman–Crippen MR) is 68.4 cm³/mol. The average Bonchev–Trinajstić information content (AvgIpc) is 2.39. The Morgan fingerprint density at radius 3 is 2.67 bits per heavy atom. The van der Waals surface area contributed by atoms with Crippen molar-refractivity contribution in [1.82, 2.24) is 0 Å². The molecule has 0 saturated carbocycles. The molecule has 1 fully saturated rings. The number of anilines is 1. The average molecular weight is 251 g/mol. The summed E-state index contributed by atoms with van der Waals surface area (Å²) in [6, 6.07) is 4.36. The number of nitrogens with zero attached hydrogens (tertiary/aromatic N) is 1. The quantitative estimate of drug-likeness (QED) is 0.837. The van der Waals surface area contributed by atoms with Gasteiger partial charge in [0.2, 0.25) is 0 Å². The van der Waals surface area contributed by atoms with Crippen LogP contribution >= 0.6 is 0 Å². The van der Waals surface area contributed by atoms with E-state index in [0.29, 0.717) is 11.5 Å². The lowest BCUT2D eigenvalue weighted by atomic mass is 9.96. The molecule has 1 N–H and O–H groups in total. The minimum atomic E-state index is -0.380. The van der Waals surface area contributed by atoms with Gasteiger partial charge in [0.25, 0.3) is 0 Å². The van der Waals surface area contributed by atoms with Gasteiger partial charge in [-0.05, 0) is 43.9 Å². The Hall–Kier alpha value is -1.42. The first-order valence-electron chi connectivity index (χ1n) is 6.28. The summed E-state index contributed by atoms with van der Waals surface area (Å²) in [5, 5.41) is 9.10. The monoisotopic (exact) mass is 251 g/mol. The summed E-state index contributed by atoms with van der Waals surface area (Å²) in [7, 11) is 0. The lowest BCUT2D eigenvalue weighted by molar-refractivity contribution is 0.101. The number of piperidine rings is 1. The van der Waals surface area contributed by atoms with Gasteiger partial charge in [-0.3, -0.25) is 4.79 Å². The van der Waals surface area contributed by atoms with E-state index in [1.807, 2.05) is 0 Å². The molecule has 1 aromatic rings. The standard InChI is InChI=1S/C14H18FNO2/c1-10(18)13-8-12(15)2-3-14(13)16-6-4-11(9-17)5-7-16/h2-3,8,11,17H,4-7,9H2,1H3. The maximum absolute atomic E-state index is 13.2. The van der Waals surface area contributed by atoms with Crippen LogP contribution in [0, 0.1) is 11.7 Å². The van der Waals surface area contributed by atoms with Gasteiger partial charge in [0, 0.05) is 30.9 Å². The minimum absolute atomic E-state index is 0.117. The first-order valence-corrected chi connectivity index (χ1v) is 6.28. The highest BCUT2D eigenvalue weighted by molar-refractivity contribution is 5.99. The minimum Gasteiger partial charge on any atom is -0.396 e. The van der Waals surface area contributed by atoms with Gasteiger partial charge in [-0.2, -0.15) is 0 Å². The van der Waals surface area contributed by atoms with Crippen LogP contribution in [0.1, 0.15) is 30.1 Å². The molecule has 1 aliphatic rings. The Morgan fingerprint density at radius 1 is 1.44 bits per heavy atom. The van der Waals surface area contributed by atoms with E-state index >= 15 is 0 Å². The highest BCUT2D eigenvalue weighted by atomic mass is 19.1. The Balaban J connectivity index is 2.21. The zero-order valence-electron chi connectivity index (χ0n) is 10.5. The van der Waals surface area contributed by atoms with Gasteiger partial charge in [0.05, 0.1) is 0 Å². The predicted octanol–water partition coefficient (Wildman–Crippen LogP) is 2.24. The SMILES string of the molecule is CC(=O)c1cc(F)ccc1N1CCC(CO)CC1. The smallest absolute Gasteiger partial charge is 0.161 e. The Morgan fingerprint density at radius 2 is 2.11 bits per heavy atom. The van der Waals surface area contributed by atoms with Crippen molar-refractivity contribution in [3.63, 3.8) is 0 Å². The molecule has 1 heterocycles. The van der Waals surface area contributed by atoms with Crippen LogP contribution in [-0.4, -0.2) is 30.6 Å². The summed E-state index contributed by atoms with van der Waals surface area (Å²) >= 11 is 0. The highest BCUT2D eigenvalue weighted by Gasteiger charge is 2.21. The first-order chi connectivity index (χ1) is 8.61. The molecule has 0 atom stereocenters. The van der Waals surface area contributed by atoms with Crippen molar-refractivity contribution in [2.24, 2.45) is 5.92 Å². The van der Waals surface area contributed by atoms with Crippen LogP contribution in [-0.2, 0) is 0 Å². The zero-order valence-corrected chi connectivity index (χ0v) is 10.5. The molecule has 4 heteroatoms. The Labute approximate surface area is 106 Å². The second-order valence-electron chi connectivity index (χ2n) is 4.83. The summed E-state index contributed by atoms with van der Waals surface area (Å²) in [5.41, 5.74) is 1.25. The third-order valence-electron chi connectivity index (χ3n) is 3.55. The maximum Gasteiger partial charge on any atom is 0.161 e. The number of aliphatic hydroxyl groups is 1. The van der Waals surface area contributed by atoms with Crippen molar-refractivity contribution in [1.29, 1.82) is 0 Å². The van der Waals surface area contributed by atoms with Crippen LogP contribution in [0.3, 0.4) is 0 Å². The molecule has 0 bridgehead atoms. The van der Waals surface area contributed by atoms with Crippen molar-refractivity contribution >= 4 is 11.5 Å². The van der Waals surface area contributed by atoms with E-state index in [4.69, 9.17) is 5.11 Å². The van der Waals surface area contributed by atoms with Crippen molar-refractivity contribution in [3.8, 4) is 0 Å². The maximum atomic E-state index is 13.2. The van der Waals surface area contributed by atoms with Crippen LogP contribution in [0.4, 0.5) is 10.1 Å². The molecule has 0 unspecified atom stereocenters. The Bertz CT molecular complexity index is 439. The number of ketones is 1. The number of rotatable bonds is 3. The molecule has 98 valence electrons. The number of hydrogen-bond acceptors (Lipinski definition) is 3. The molecular formula is C14H18FNO2. The van der Waals surface area contributed by atoms with E-state index in [9.17, 15) is 9.18 Å². The molecule has 0 aliphatic carbocycles. The van der Waals surface area contributed by atoms with E-state index < -0.39 is 0 Å². The third kappa shape index (κ3) is 2.70. The molecule has 0 spiro atoms. The molecular weight excluding hydrogens is 233 g/mol. The fourth-order valence-electron chi connectivity index (χ4n) is 2.42. The van der Waals surface area contributed by atoms with E-state index in [2.05, 4.69) is 4.90 Å². The lowest BCUT2D eigenvalue weighted by Crippen LogP contribution is -2.35. The van der Waals surface area contributed by atoms with Crippen LogP contribution in [0.5, 0.6) is 0 Å². The molecule has 18 heavy (non-hydrogen) atoms. The van der Waals surface area contributed by atoms with Gasteiger partial charge in [-0.15, -0.1) is 0 Å². The Kier molecular flexibility index (Phi) is 3.97. The number of carbonyl (C=O) groups excluding carboxylic acids is 1. The van der Waals surface area contributed by atoms with Crippen LogP contribution in [0.25, 0.3) is 0 Å². The normalized spacial score (nSPS) is 16.9. The van der Waals surface area contributed by atoms with Crippen molar-refractivity contribution in [2.45, 2.75) is 19.8 Å². The van der Waals surface area contributed by atoms with Gasteiger partial charge >= 0.3 is 0 Å². The van der Waals surface area contributed by atoms with E-state index in [1.54, 1.807) is 6.07 Å². The number of halogens is 1. The molecule has 0 amide bonds. The molecule has 0 radical (unpaired) electrons. The van der Waals surface area contributed by atoms with Crippen LogP contribution in [0.2, 0.25) is 0 Å². The van der Waals surface area contributed by atoms with Crippen LogP contribution < -0.4 is 4.90 Å². The zero-order chi connectivity index (χ0) is 13.1. The molecule has 1 aromatic carbocycles. The van der Waals surface area contributed by atoms with E-state index in [-0.39, 0.29) is 18.2 Å². The van der Waals surface area contributed by atoms with E-state index in [1.165, 1.54) is 19.1 Å². The number of Topliss-reactive ketones (excluding diaryl/α,β-unsaturated/α-hetero) is 1. The van der Waals surface area contributed by atoms with Crippen LogP contribution in [0.15, 0.2) is 18.2 Å². The van der Waals surface area contributed by atoms with Gasteiger partial charge in [0.15, 0.2) is 5.78 Å². The third-order valence-corrected chi connectivity index (χ3v) is 3.55. The topological polar surface area (TPSA) is 40.5 Å². The highest BCUT2D eigenvalue weighted by Crippen LogP contribution is 2.27. The molecule has 3 nitrogen and oxygen atoms in total. The second-order valence-corrected chi connectivity index (χ2v) is 4.83. The lowest BCUT2D eigenvalue weighted by Gasteiger charge is -2.33. The summed E-state index contributed by atoms with van der Waals surface area (Å²) in [5.74, 6) is -0.148. The van der Waals surface area contributed by atoms with Crippen molar-refractivity contribution < 1.29 is 14.3 Å². The van der Waals surface area contributed by atoms with Crippen molar-refractivity contribution in [2.75, 3.05) is 24.6 Å². The number of hydrogen-bond donors (Lipinski definition) is 1. The second kappa shape index (κ2) is 5.48. The van der Waals surface area contributed by atoms with Gasteiger partial charge in [0.1, 0.15) is 5.82 Å². The number of benzene rings is 1. The summed E-state index contributed by atoms with van der Waals surface area (Å²) in [4.78, 5) is 13.6. The largest absolute Gasteiger partial charge is 0.396 e. The summed E-state index contributed by atoms with van der Waals surface area (Å²) in [6.07, 6.45) is 1.82. The van der Waals surface area contributed by atoms with Gasteiger partial charge in [-0.25, -0.2) is 4.39 Å². The number of aliphatic hydroxyl groups excluding tert-OH is 1. The molecule has 1 saturated heterocycles. The van der Waals surface area contributed by atoms with Gasteiger partial charge in [-0.1, -0.05) is 0 Å². The van der Waals surface area contributed by atoms with Gasteiger partial charge < -0.3 is 10.0 Å². The fourth-order valence-corrected chi connectivity index (χ4v) is 2.42. The molecule has 0 aromatic heterocycles. The number of carbonyl (C=O) groups is 1. The molecule has 1 aliphatic heterocycles.